The minimum Gasteiger partial charge on any atom is -0.489 e. The van der Waals surface area contributed by atoms with Crippen molar-refractivity contribution in [3.8, 4) is 11.4 Å². The summed E-state index contributed by atoms with van der Waals surface area (Å²) in [4.78, 5) is 25.8. The molecule has 3 N–H and O–H groups in total. The average Bonchev–Trinajstić information content (AvgIpc) is 3.30. The normalized spacial score (nSPS) is 15.4. The third kappa shape index (κ3) is 4.87. The van der Waals surface area contributed by atoms with Crippen LogP contribution in [0, 0.1) is 17.5 Å². The summed E-state index contributed by atoms with van der Waals surface area (Å²) in [6.07, 6.45) is 0.0832. The van der Waals surface area contributed by atoms with Crippen molar-refractivity contribution < 1.29 is 36.3 Å². The molecule has 4 aromatic rings. The molecule has 1 atom stereocenters. The van der Waals surface area contributed by atoms with Gasteiger partial charge in [-0.2, -0.15) is 4.31 Å². The van der Waals surface area contributed by atoms with Gasteiger partial charge >= 0.3 is 0 Å². The summed E-state index contributed by atoms with van der Waals surface area (Å²) in [6.45, 7) is -0.639. The van der Waals surface area contributed by atoms with Crippen molar-refractivity contribution in [2.24, 2.45) is 0 Å². The van der Waals surface area contributed by atoms with Crippen LogP contribution in [0.15, 0.2) is 76.4 Å². The number of H-pyrrole nitrogens is 1. The number of nitrogens with one attached hydrogen (secondary N) is 2. The average molecular weight is 575 g/mol. The molecule has 0 saturated carbocycles. The van der Waals surface area contributed by atoms with E-state index in [-0.39, 0.29) is 34.7 Å². The highest BCUT2D eigenvalue weighted by atomic mass is 32.2. The van der Waals surface area contributed by atoms with E-state index in [1.165, 1.54) is 34.4 Å². The number of benzene rings is 3. The van der Waals surface area contributed by atoms with Crippen molar-refractivity contribution >= 4 is 15.9 Å². The van der Waals surface area contributed by atoms with Crippen LogP contribution < -0.4 is 15.8 Å². The highest BCUT2D eigenvalue weighted by Gasteiger charge is 2.43. The predicted octanol–water partition coefficient (Wildman–Crippen LogP) is 2.96. The molecular weight excluding hydrogens is 553 g/mol. The maximum atomic E-state index is 13.9. The number of ether oxygens (including phenoxy) is 1. The molecule has 208 valence electrons. The second-order valence-electron chi connectivity index (χ2n) is 8.84. The molecule has 0 aliphatic carbocycles. The van der Waals surface area contributed by atoms with Crippen LogP contribution in [0.3, 0.4) is 0 Å². The zero-order chi connectivity index (χ0) is 28.6. The van der Waals surface area contributed by atoms with Gasteiger partial charge < -0.3 is 4.74 Å². The van der Waals surface area contributed by atoms with Gasteiger partial charge in [-0.25, -0.2) is 31.8 Å². The van der Waals surface area contributed by atoms with Crippen molar-refractivity contribution in [3.63, 3.8) is 0 Å². The summed E-state index contributed by atoms with van der Waals surface area (Å²) < 4.78 is 75.0. The molecule has 0 fully saturated rings. The second-order valence-corrected chi connectivity index (χ2v) is 10.7. The number of aromatic nitrogens is 2. The molecule has 1 aromatic heterocycles. The Morgan fingerprint density at radius 1 is 1.02 bits per heavy atom. The summed E-state index contributed by atoms with van der Waals surface area (Å²) in [5, 5.41) is 12.3. The van der Waals surface area contributed by atoms with Crippen LogP contribution in [0.4, 0.5) is 13.2 Å². The first-order valence-corrected chi connectivity index (χ1v) is 13.3. The molecule has 5 rings (SSSR count). The SMILES string of the molecule is O=C(NO)C1c2c([nH]n(-c3ccccc3)c2=O)CCN1S(=O)(=O)c1ccc(OCc2cc(F)c(F)cc2F)cc1. The van der Waals surface area contributed by atoms with Gasteiger partial charge in [0.05, 0.1) is 16.1 Å². The van der Waals surface area contributed by atoms with E-state index in [0.717, 1.165) is 4.31 Å². The van der Waals surface area contributed by atoms with Gasteiger partial charge in [-0.1, -0.05) is 18.2 Å². The van der Waals surface area contributed by atoms with Crippen LogP contribution in [0.1, 0.15) is 22.9 Å². The first-order valence-electron chi connectivity index (χ1n) is 11.8. The van der Waals surface area contributed by atoms with E-state index >= 15 is 0 Å². The Hall–Kier alpha value is -4.40. The number of halogens is 3. The van der Waals surface area contributed by atoms with Crippen LogP contribution >= 0.6 is 0 Å². The van der Waals surface area contributed by atoms with Crippen LogP contribution in [-0.2, 0) is 27.8 Å². The van der Waals surface area contributed by atoms with Crippen molar-refractivity contribution in [2.45, 2.75) is 24.0 Å². The van der Waals surface area contributed by atoms with Gasteiger partial charge in [0.15, 0.2) is 11.6 Å². The van der Waals surface area contributed by atoms with E-state index in [0.29, 0.717) is 23.5 Å². The quantitative estimate of drug-likeness (QED) is 0.177. The van der Waals surface area contributed by atoms with E-state index in [9.17, 15) is 36.4 Å². The number of carbonyl (C=O) groups is 1. The summed E-state index contributed by atoms with van der Waals surface area (Å²) in [5.41, 5.74) is 1.25. The number of hydroxylamine groups is 1. The molecule has 0 radical (unpaired) electrons. The van der Waals surface area contributed by atoms with E-state index in [1.807, 2.05) is 0 Å². The molecule has 0 spiro atoms. The Kier molecular flexibility index (Phi) is 7.23. The maximum Gasteiger partial charge on any atom is 0.276 e. The number of hydrogen-bond donors (Lipinski definition) is 3. The molecule has 0 bridgehead atoms. The van der Waals surface area contributed by atoms with Crippen molar-refractivity contribution in [2.75, 3.05) is 6.54 Å². The van der Waals surface area contributed by atoms with E-state index in [4.69, 9.17) is 4.74 Å². The number of fused-ring (bicyclic) bond motifs is 1. The van der Waals surface area contributed by atoms with Gasteiger partial charge in [0.2, 0.25) is 10.0 Å². The summed E-state index contributed by atoms with van der Waals surface area (Å²) in [7, 11) is -4.39. The fourth-order valence-electron chi connectivity index (χ4n) is 4.48. The number of carbonyl (C=O) groups excluding carboxylic acids is 1. The van der Waals surface area contributed by atoms with Gasteiger partial charge in [-0.05, 0) is 42.5 Å². The molecule has 2 heterocycles. The Morgan fingerprint density at radius 3 is 2.38 bits per heavy atom. The van der Waals surface area contributed by atoms with E-state index in [2.05, 4.69) is 5.10 Å². The lowest BCUT2D eigenvalue weighted by Gasteiger charge is -2.32. The lowest BCUT2D eigenvalue weighted by molar-refractivity contribution is -0.133. The van der Waals surface area contributed by atoms with Crippen LogP contribution in [0.25, 0.3) is 5.69 Å². The van der Waals surface area contributed by atoms with Gasteiger partial charge in [-0.15, -0.1) is 0 Å². The van der Waals surface area contributed by atoms with Gasteiger partial charge in [0.25, 0.3) is 11.5 Å². The first kappa shape index (κ1) is 27.2. The predicted molar refractivity (Wildman–Crippen MR) is 134 cm³/mol. The molecule has 1 amide bonds. The molecule has 1 aliphatic rings. The van der Waals surface area contributed by atoms with Crippen molar-refractivity contribution in [1.82, 2.24) is 19.6 Å². The fraction of sp³-hybridized carbons (Fsp3) is 0.154. The maximum absolute atomic E-state index is 13.9. The standard InChI is InChI=1S/C26H21F3N4O6S/c27-19-13-21(29)20(28)12-15(19)14-39-17-6-8-18(9-7-17)40(37,38)32-11-10-22-23(24(32)25(34)31-36)26(35)33(30-22)16-4-2-1-3-5-16/h1-9,12-13,24,30,36H,10-11,14H2,(H,31,34). The number of para-hydroxylation sites is 1. The van der Waals surface area contributed by atoms with Crippen LogP contribution in [0.2, 0.25) is 0 Å². The van der Waals surface area contributed by atoms with Crippen LogP contribution in [0.5, 0.6) is 5.75 Å². The number of rotatable bonds is 7. The van der Waals surface area contributed by atoms with E-state index < -0.39 is 51.6 Å². The monoisotopic (exact) mass is 574 g/mol. The molecule has 3 aromatic carbocycles. The molecule has 1 unspecified atom stereocenters. The van der Waals surface area contributed by atoms with Gasteiger partial charge in [0.1, 0.15) is 24.2 Å². The number of aromatic amines is 1. The number of hydrogen-bond acceptors (Lipinski definition) is 6. The number of sulfonamides is 1. The molecule has 10 nitrogen and oxygen atoms in total. The number of amides is 1. The van der Waals surface area contributed by atoms with Crippen LogP contribution in [-0.4, -0.2) is 40.2 Å². The highest BCUT2D eigenvalue weighted by molar-refractivity contribution is 7.89. The van der Waals surface area contributed by atoms with Gasteiger partial charge in [-0.3, -0.25) is 19.9 Å². The molecule has 14 heteroatoms. The summed E-state index contributed by atoms with van der Waals surface area (Å²) in [6, 6.07) is 12.7. The smallest absolute Gasteiger partial charge is 0.276 e. The fourth-order valence-corrected chi connectivity index (χ4v) is 6.04. The highest BCUT2D eigenvalue weighted by Crippen LogP contribution is 2.33. The zero-order valence-electron chi connectivity index (χ0n) is 20.5. The summed E-state index contributed by atoms with van der Waals surface area (Å²) >= 11 is 0. The van der Waals surface area contributed by atoms with E-state index in [1.54, 1.807) is 30.3 Å². The second kappa shape index (κ2) is 10.6. The minimum atomic E-state index is -4.39. The lowest BCUT2D eigenvalue weighted by atomic mass is 10.0. The topological polar surface area (TPSA) is 134 Å². The molecule has 40 heavy (non-hydrogen) atoms. The minimum absolute atomic E-state index is 0.0832. The lowest BCUT2D eigenvalue weighted by Crippen LogP contribution is -2.48. The Morgan fingerprint density at radius 2 is 1.70 bits per heavy atom. The Labute approximate surface area is 225 Å². The zero-order valence-corrected chi connectivity index (χ0v) is 21.3. The molecule has 1 aliphatic heterocycles. The molecular formula is C26H21F3N4O6S. The molecule has 0 saturated heterocycles. The van der Waals surface area contributed by atoms with Crippen molar-refractivity contribution in [1.29, 1.82) is 0 Å². The third-order valence-electron chi connectivity index (χ3n) is 6.44. The third-order valence-corrected chi connectivity index (χ3v) is 8.31. The Bertz CT molecular complexity index is 1740. The van der Waals surface area contributed by atoms with Gasteiger partial charge in [0, 0.05) is 30.3 Å². The van der Waals surface area contributed by atoms with Crippen molar-refractivity contribution in [3.05, 3.63) is 111 Å². The summed E-state index contributed by atoms with van der Waals surface area (Å²) in [5.74, 6) is -4.61. The first-order chi connectivity index (χ1) is 19.1. The largest absolute Gasteiger partial charge is 0.489 e. The number of nitrogens with zero attached hydrogens (tertiary/aromatic N) is 2. The Balaban J connectivity index is 1.43.